The van der Waals surface area contributed by atoms with E-state index in [-0.39, 0.29) is 11.9 Å². The zero-order chi connectivity index (χ0) is 17.9. The van der Waals surface area contributed by atoms with Crippen LogP contribution in [0.5, 0.6) is 0 Å². The van der Waals surface area contributed by atoms with Crippen LogP contribution in [0.25, 0.3) is 10.2 Å². The first kappa shape index (κ1) is 16.5. The summed E-state index contributed by atoms with van der Waals surface area (Å²) in [6.45, 7) is 2.65. The number of carbonyl (C=O) groups excluding carboxylic acids is 1. The maximum atomic E-state index is 12.8. The highest BCUT2D eigenvalue weighted by molar-refractivity contribution is 7.20. The van der Waals surface area contributed by atoms with Crippen molar-refractivity contribution in [2.45, 2.75) is 25.9 Å². The summed E-state index contributed by atoms with van der Waals surface area (Å²) in [6, 6.07) is 5.90. The number of hydrogen-bond donors (Lipinski definition) is 2. The molecule has 0 aliphatic rings. The number of hydrogen-bond acceptors (Lipinski definition) is 5. The molecule has 132 valence electrons. The van der Waals surface area contributed by atoms with Crippen molar-refractivity contribution in [3.63, 3.8) is 0 Å². The van der Waals surface area contributed by atoms with Crippen LogP contribution < -0.4 is 5.32 Å². The van der Waals surface area contributed by atoms with Gasteiger partial charge < -0.3 is 14.9 Å². The Morgan fingerprint density at radius 1 is 1.38 bits per heavy atom. The van der Waals surface area contributed by atoms with E-state index in [2.05, 4.69) is 31.3 Å². The number of fused-ring (bicyclic) bond motifs is 1. The van der Waals surface area contributed by atoms with Gasteiger partial charge in [-0.2, -0.15) is 0 Å². The average molecular weight is 366 g/mol. The number of amides is 1. The number of nitrogens with one attached hydrogen (secondary N) is 2. The molecule has 4 rings (SSSR count). The number of benzene rings is 1. The number of rotatable bonds is 6. The lowest BCUT2D eigenvalue weighted by Crippen LogP contribution is -2.39. The fraction of sp³-hybridized carbons (Fsp3) is 0.222. The van der Waals surface area contributed by atoms with E-state index in [1.807, 2.05) is 29.8 Å². The van der Waals surface area contributed by atoms with Crippen LogP contribution in [-0.4, -0.2) is 36.5 Å². The van der Waals surface area contributed by atoms with Crippen LogP contribution in [-0.2, 0) is 13.0 Å². The van der Waals surface area contributed by atoms with Crippen LogP contribution in [0, 0.1) is 6.92 Å². The van der Waals surface area contributed by atoms with Crippen molar-refractivity contribution in [2.75, 3.05) is 0 Å². The largest absolute Gasteiger partial charge is 0.348 e. The number of thiazole rings is 1. The van der Waals surface area contributed by atoms with Crippen molar-refractivity contribution in [2.24, 2.45) is 0 Å². The fourth-order valence-corrected chi connectivity index (χ4v) is 3.82. The lowest BCUT2D eigenvalue weighted by Gasteiger charge is -2.18. The Morgan fingerprint density at radius 2 is 2.31 bits per heavy atom. The van der Waals surface area contributed by atoms with Gasteiger partial charge in [-0.3, -0.25) is 4.79 Å². The molecule has 1 aromatic carbocycles. The number of aromatic amines is 1. The number of aryl methyl sites for hydroxylation is 1. The fourth-order valence-electron chi connectivity index (χ4n) is 2.85. The minimum atomic E-state index is -0.159. The quantitative estimate of drug-likeness (QED) is 0.549. The van der Waals surface area contributed by atoms with Crippen molar-refractivity contribution in [1.82, 2.24) is 29.8 Å². The second-order valence-corrected chi connectivity index (χ2v) is 7.23. The second-order valence-electron chi connectivity index (χ2n) is 6.20. The van der Waals surface area contributed by atoms with E-state index in [0.29, 0.717) is 18.0 Å². The maximum Gasteiger partial charge on any atom is 0.280 e. The predicted octanol–water partition coefficient (Wildman–Crippen LogP) is 2.57. The highest BCUT2D eigenvalue weighted by Crippen LogP contribution is 2.23. The van der Waals surface area contributed by atoms with E-state index in [0.717, 1.165) is 21.5 Å². The predicted molar refractivity (Wildman–Crippen MR) is 100 cm³/mol. The molecule has 1 amide bonds. The molecule has 4 aromatic rings. The normalized spacial score (nSPS) is 12.3. The molecule has 0 saturated heterocycles. The van der Waals surface area contributed by atoms with Crippen LogP contribution >= 0.6 is 11.3 Å². The van der Waals surface area contributed by atoms with Gasteiger partial charge in [0, 0.05) is 37.3 Å². The number of H-pyrrole nitrogens is 1. The lowest BCUT2D eigenvalue weighted by molar-refractivity contribution is 0.0932. The Morgan fingerprint density at radius 3 is 3.08 bits per heavy atom. The third-order valence-corrected chi connectivity index (χ3v) is 5.10. The van der Waals surface area contributed by atoms with Crippen LogP contribution in [0.4, 0.5) is 0 Å². The molecular weight excluding hydrogens is 348 g/mol. The van der Waals surface area contributed by atoms with Gasteiger partial charge in [0.1, 0.15) is 0 Å². The molecule has 0 fully saturated rings. The molecule has 3 heterocycles. The maximum absolute atomic E-state index is 12.8. The summed E-state index contributed by atoms with van der Waals surface area (Å²) < 4.78 is 2.97. The topological polar surface area (TPSA) is 88.5 Å². The molecular formula is C18H18N6OS. The summed E-state index contributed by atoms with van der Waals surface area (Å²) in [5.41, 5.74) is 2.98. The van der Waals surface area contributed by atoms with Crippen molar-refractivity contribution in [3.8, 4) is 0 Å². The van der Waals surface area contributed by atoms with Crippen LogP contribution in [0.15, 0.2) is 49.4 Å². The molecule has 7 nitrogen and oxygen atoms in total. The van der Waals surface area contributed by atoms with Crippen LogP contribution in [0.1, 0.15) is 21.1 Å². The highest BCUT2D eigenvalue weighted by Gasteiger charge is 2.18. The van der Waals surface area contributed by atoms with Crippen molar-refractivity contribution in [1.29, 1.82) is 0 Å². The Hall–Kier alpha value is -3.00. The highest BCUT2D eigenvalue weighted by atomic mass is 32.1. The molecule has 1 atom stereocenters. The summed E-state index contributed by atoms with van der Waals surface area (Å²) in [6.07, 6.45) is 9.41. The third kappa shape index (κ3) is 3.65. The van der Waals surface area contributed by atoms with Gasteiger partial charge >= 0.3 is 0 Å². The molecule has 0 saturated carbocycles. The molecule has 0 radical (unpaired) electrons. The molecule has 0 spiro atoms. The molecule has 3 aromatic heterocycles. The number of carbonyl (C=O) groups is 1. The molecule has 1 unspecified atom stereocenters. The van der Waals surface area contributed by atoms with E-state index in [4.69, 9.17) is 0 Å². The molecule has 8 heteroatoms. The Labute approximate surface area is 154 Å². The van der Waals surface area contributed by atoms with Crippen molar-refractivity contribution < 1.29 is 4.79 Å². The van der Waals surface area contributed by atoms with E-state index in [1.165, 1.54) is 11.3 Å². The summed E-state index contributed by atoms with van der Waals surface area (Å²) in [4.78, 5) is 28.4. The lowest BCUT2D eigenvalue weighted by atomic mass is 10.1. The summed E-state index contributed by atoms with van der Waals surface area (Å²) >= 11 is 1.42. The van der Waals surface area contributed by atoms with Gasteiger partial charge in [0.25, 0.3) is 5.91 Å². The van der Waals surface area contributed by atoms with Gasteiger partial charge in [-0.15, -0.1) is 11.3 Å². The molecule has 0 bridgehead atoms. The van der Waals surface area contributed by atoms with Crippen molar-refractivity contribution >= 4 is 27.5 Å². The molecule has 2 N–H and O–H groups in total. The minimum Gasteiger partial charge on any atom is -0.348 e. The number of aromatic nitrogens is 5. The first-order valence-electron chi connectivity index (χ1n) is 8.28. The monoisotopic (exact) mass is 366 g/mol. The number of imidazole rings is 2. The Bertz CT molecular complexity index is 970. The zero-order valence-corrected chi connectivity index (χ0v) is 15.0. The Balaban J connectivity index is 1.53. The number of nitrogens with zero attached hydrogens (tertiary/aromatic N) is 4. The summed E-state index contributed by atoms with van der Waals surface area (Å²) in [5.74, 6) is -0.159. The van der Waals surface area contributed by atoms with Gasteiger partial charge in [-0.05, 0) is 24.6 Å². The van der Waals surface area contributed by atoms with E-state index >= 15 is 0 Å². The van der Waals surface area contributed by atoms with Gasteiger partial charge in [0.05, 0.1) is 28.9 Å². The average Bonchev–Trinajstić information content (AvgIpc) is 3.35. The third-order valence-electron chi connectivity index (χ3n) is 4.08. The smallest absolute Gasteiger partial charge is 0.280 e. The van der Waals surface area contributed by atoms with Gasteiger partial charge in [0.15, 0.2) is 5.01 Å². The van der Waals surface area contributed by atoms with E-state index in [9.17, 15) is 4.79 Å². The molecule has 0 aliphatic carbocycles. The van der Waals surface area contributed by atoms with E-state index < -0.39 is 0 Å². The van der Waals surface area contributed by atoms with Crippen molar-refractivity contribution in [3.05, 3.63) is 65.7 Å². The molecule has 0 aliphatic heterocycles. The van der Waals surface area contributed by atoms with Gasteiger partial charge in [0.2, 0.25) is 0 Å². The first-order valence-corrected chi connectivity index (χ1v) is 9.10. The SMILES string of the molecule is Cc1ccc2nc(C(=O)NC(Cc3cnc[nH]3)Cn3ccnc3)sc2c1. The molecule has 26 heavy (non-hydrogen) atoms. The zero-order valence-electron chi connectivity index (χ0n) is 14.2. The standard InChI is InChI=1S/C18H18N6OS/c1-12-2-3-15-16(6-12)26-18(23-15)17(25)22-14(7-13-8-20-10-21-13)9-24-5-4-19-11-24/h2-6,8,10-11,14H,7,9H2,1H3,(H,20,21)(H,22,25). The minimum absolute atomic E-state index is 0.106. The second kappa shape index (κ2) is 7.09. The first-order chi connectivity index (χ1) is 12.7. The van der Waals surface area contributed by atoms with E-state index in [1.54, 1.807) is 25.0 Å². The van der Waals surface area contributed by atoms with Gasteiger partial charge in [-0.25, -0.2) is 15.0 Å². The summed E-state index contributed by atoms with van der Waals surface area (Å²) in [7, 11) is 0. The van der Waals surface area contributed by atoms with Crippen LogP contribution in [0.3, 0.4) is 0 Å². The van der Waals surface area contributed by atoms with Gasteiger partial charge in [-0.1, -0.05) is 6.07 Å². The van der Waals surface area contributed by atoms with Crippen LogP contribution in [0.2, 0.25) is 0 Å². The summed E-state index contributed by atoms with van der Waals surface area (Å²) in [5, 5.41) is 3.58. The Kier molecular flexibility index (Phi) is 4.49.